The summed E-state index contributed by atoms with van der Waals surface area (Å²) in [6.07, 6.45) is 2.52. The second-order valence-corrected chi connectivity index (χ2v) is 5.71. The van der Waals surface area contributed by atoms with E-state index in [1.54, 1.807) is 18.3 Å². The molecule has 3 rings (SSSR count). The molecule has 0 atom stereocenters. The number of anilines is 2. The standard InChI is InChI=1S/C16H17ClN6O3/c1-2-8-26-9-7-23-13-11(12(22-23)15(24)25)20-16(17)21-14(13)19-10-5-3-4-6-18-10/h3-6H,2,7-9H2,1H3,(H,24,25)(H,18,19,20,21). The first kappa shape index (κ1) is 18.0. The summed E-state index contributed by atoms with van der Waals surface area (Å²) in [6, 6.07) is 5.35. The fourth-order valence-corrected chi connectivity index (χ4v) is 2.57. The van der Waals surface area contributed by atoms with Crippen LogP contribution >= 0.6 is 11.6 Å². The molecule has 0 radical (unpaired) electrons. The molecule has 26 heavy (non-hydrogen) atoms. The molecule has 3 aromatic rings. The number of halogens is 1. The molecule has 0 saturated carbocycles. The number of nitrogens with zero attached hydrogens (tertiary/aromatic N) is 5. The Labute approximate surface area is 154 Å². The van der Waals surface area contributed by atoms with Gasteiger partial charge in [-0.1, -0.05) is 13.0 Å². The highest BCUT2D eigenvalue weighted by Gasteiger charge is 2.22. The highest BCUT2D eigenvalue weighted by molar-refractivity contribution is 6.29. The van der Waals surface area contributed by atoms with E-state index in [1.807, 2.05) is 13.0 Å². The van der Waals surface area contributed by atoms with Gasteiger partial charge in [-0.2, -0.15) is 10.1 Å². The van der Waals surface area contributed by atoms with Gasteiger partial charge < -0.3 is 15.2 Å². The van der Waals surface area contributed by atoms with Crippen molar-refractivity contribution in [2.24, 2.45) is 0 Å². The van der Waals surface area contributed by atoms with Crippen molar-refractivity contribution in [1.29, 1.82) is 0 Å². The number of fused-ring (bicyclic) bond motifs is 1. The van der Waals surface area contributed by atoms with E-state index in [-0.39, 0.29) is 16.5 Å². The summed E-state index contributed by atoms with van der Waals surface area (Å²) in [5.41, 5.74) is 0.396. The minimum Gasteiger partial charge on any atom is -0.476 e. The number of ether oxygens (including phenoxy) is 1. The Balaban J connectivity index is 2.06. The average molecular weight is 377 g/mol. The van der Waals surface area contributed by atoms with Crippen LogP contribution < -0.4 is 5.32 Å². The molecule has 9 nitrogen and oxygen atoms in total. The van der Waals surface area contributed by atoms with E-state index in [0.29, 0.717) is 36.9 Å². The molecule has 3 aromatic heterocycles. The van der Waals surface area contributed by atoms with Crippen molar-refractivity contribution in [3.8, 4) is 0 Å². The number of pyridine rings is 1. The van der Waals surface area contributed by atoms with Crippen LogP contribution in [0.15, 0.2) is 24.4 Å². The molecule has 3 heterocycles. The Morgan fingerprint density at radius 3 is 2.88 bits per heavy atom. The molecule has 0 spiro atoms. The zero-order chi connectivity index (χ0) is 18.5. The van der Waals surface area contributed by atoms with E-state index in [2.05, 4.69) is 25.4 Å². The van der Waals surface area contributed by atoms with Crippen LogP contribution in [-0.4, -0.2) is 49.0 Å². The van der Waals surface area contributed by atoms with Crippen molar-refractivity contribution < 1.29 is 14.6 Å². The smallest absolute Gasteiger partial charge is 0.358 e. The normalized spacial score (nSPS) is 11.0. The van der Waals surface area contributed by atoms with Crippen molar-refractivity contribution in [3.05, 3.63) is 35.4 Å². The van der Waals surface area contributed by atoms with Gasteiger partial charge in [0.25, 0.3) is 0 Å². The Morgan fingerprint density at radius 1 is 1.35 bits per heavy atom. The zero-order valence-corrected chi connectivity index (χ0v) is 14.8. The maximum atomic E-state index is 11.5. The van der Waals surface area contributed by atoms with Crippen LogP contribution in [0.5, 0.6) is 0 Å². The fourth-order valence-electron chi connectivity index (χ4n) is 2.40. The monoisotopic (exact) mass is 376 g/mol. The number of carbonyl (C=O) groups is 1. The third-order valence-electron chi connectivity index (χ3n) is 3.47. The first-order valence-corrected chi connectivity index (χ1v) is 8.41. The summed E-state index contributed by atoms with van der Waals surface area (Å²) < 4.78 is 6.99. The number of carboxylic acid groups (broad SMARTS) is 1. The van der Waals surface area contributed by atoms with E-state index in [9.17, 15) is 9.90 Å². The highest BCUT2D eigenvalue weighted by atomic mass is 35.5. The molecule has 0 fully saturated rings. The van der Waals surface area contributed by atoms with Crippen molar-refractivity contribution in [1.82, 2.24) is 24.7 Å². The molecule has 0 aliphatic carbocycles. The molecule has 0 amide bonds. The second kappa shape index (κ2) is 8.07. The van der Waals surface area contributed by atoms with Gasteiger partial charge in [-0.3, -0.25) is 4.68 Å². The van der Waals surface area contributed by atoms with Crippen molar-refractivity contribution >= 4 is 40.2 Å². The third-order valence-corrected chi connectivity index (χ3v) is 3.64. The van der Waals surface area contributed by atoms with Gasteiger partial charge in [0.2, 0.25) is 5.28 Å². The SMILES string of the molecule is CCCOCCn1nc(C(=O)O)c2nc(Cl)nc(Nc3ccccn3)c21. The summed E-state index contributed by atoms with van der Waals surface area (Å²) >= 11 is 5.98. The van der Waals surface area contributed by atoms with E-state index in [4.69, 9.17) is 16.3 Å². The van der Waals surface area contributed by atoms with Gasteiger partial charge in [0, 0.05) is 12.8 Å². The molecule has 2 N–H and O–H groups in total. The quantitative estimate of drug-likeness (QED) is 0.455. The lowest BCUT2D eigenvalue weighted by molar-refractivity contribution is 0.0690. The first-order valence-electron chi connectivity index (χ1n) is 8.03. The van der Waals surface area contributed by atoms with Crippen LogP contribution in [0.25, 0.3) is 11.0 Å². The van der Waals surface area contributed by atoms with Gasteiger partial charge in [0.05, 0.1) is 13.2 Å². The van der Waals surface area contributed by atoms with Crippen LogP contribution in [0.2, 0.25) is 5.28 Å². The van der Waals surface area contributed by atoms with Crippen LogP contribution in [0, 0.1) is 0 Å². The predicted molar refractivity (Wildman–Crippen MR) is 95.9 cm³/mol. The lowest BCUT2D eigenvalue weighted by atomic mass is 10.3. The van der Waals surface area contributed by atoms with Crippen molar-refractivity contribution in [3.63, 3.8) is 0 Å². The maximum Gasteiger partial charge on any atom is 0.358 e. The van der Waals surface area contributed by atoms with E-state index >= 15 is 0 Å². The van der Waals surface area contributed by atoms with Crippen LogP contribution in [0.1, 0.15) is 23.8 Å². The number of aromatic nitrogens is 5. The Bertz CT molecular complexity index is 915. The van der Waals surface area contributed by atoms with Crippen LogP contribution in [-0.2, 0) is 11.3 Å². The Hall–Kier alpha value is -2.78. The highest BCUT2D eigenvalue weighted by Crippen LogP contribution is 2.27. The maximum absolute atomic E-state index is 11.5. The average Bonchev–Trinajstić information content (AvgIpc) is 2.98. The summed E-state index contributed by atoms with van der Waals surface area (Å²) in [4.78, 5) is 24.0. The minimum atomic E-state index is -1.19. The number of hydrogen-bond donors (Lipinski definition) is 2. The third kappa shape index (κ3) is 3.89. The molecule has 0 aromatic carbocycles. The molecular formula is C16H17ClN6O3. The van der Waals surface area contributed by atoms with Crippen LogP contribution in [0.4, 0.5) is 11.6 Å². The minimum absolute atomic E-state index is 0.0831. The Morgan fingerprint density at radius 2 is 2.19 bits per heavy atom. The lowest BCUT2D eigenvalue weighted by Gasteiger charge is -2.09. The predicted octanol–water partition coefficient (Wildman–Crippen LogP) is 2.74. The molecule has 0 aliphatic heterocycles. The van der Waals surface area contributed by atoms with Crippen LogP contribution in [0.3, 0.4) is 0 Å². The fraction of sp³-hybridized carbons (Fsp3) is 0.312. The lowest BCUT2D eigenvalue weighted by Crippen LogP contribution is -2.10. The van der Waals surface area contributed by atoms with Gasteiger partial charge in [-0.15, -0.1) is 0 Å². The van der Waals surface area contributed by atoms with Gasteiger partial charge >= 0.3 is 5.97 Å². The molecule has 0 saturated heterocycles. The van der Waals surface area contributed by atoms with Gasteiger partial charge in [-0.05, 0) is 30.2 Å². The molecule has 10 heteroatoms. The summed E-state index contributed by atoms with van der Waals surface area (Å²) in [5, 5.41) is 16.5. The summed E-state index contributed by atoms with van der Waals surface area (Å²) in [7, 11) is 0. The molecule has 0 aliphatic rings. The Kier molecular flexibility index (Phi) is 5.59. The topological polar surface area (TPSA) is 115 Å². The van der Waals surface area contributed by atoms with Crippen molar-refractivity contribution in [2.75, 3.05) is 18.5 Å². The summed E-state index contributed by atoms with van der Waals surface area (Å²) in [6.45, 7) is 3.37. The molecule has 0 unspecified atom stereocenters. The largest absolute Gasteiger partial charge is 0.476 e. The number of aromatic carboxylic acids is 1. The van der Waals surface area contributed by atoms with E-state index in [1.165, 1.54) is 4.68 Å². The summed E-state index contributed by atoms with van der Waals surface area (Å²) in [5.74, 6) is -0.327. The number of rotatable bonds is 8. The first-order chi connectivity index (χ1) is 12.6. The number of hydrogen-bond acceptors (Lipinski definition) is 7. The zero-order valence-electron chi connectivity index (χ0n) is 14.0. The number of carboxylic acids is 1. The molecule has 136 valence electrons. The molecule has 0 bridgehead atoms. The van der Waals surface area contributed by atoms with Gasteiger partial charge in [0.1, 0.15) is 16.9 Å². The van der Waals surface area contributed by atoms with Gasteiger partial charge in [-0.25, -0.2) is 14.8 Å². The molecular weight excluding hydrogens is 360 g/mol. The van der Waals surface area contributed by atoms with Gasteiger partial charge in [0.15, 0.2) is 11.5 Å². The van der Waals surface area contributed by atoms with E-state index in [0.717, 1.165) is 6.42 Å². The van der Waals surface area contributed by atoms with E-state index < -0.39 is 5.97 Å². The number of nitrogens with one attached hydrogen (secondary N) is 1. The second-order valence-electron chi connectivity index (χ2n) is 5.37. The van der Waals surface area contributed by atoms with Crippen molar-refractivity contribution in [2.45, 2.75) is 19.9 Å².